The molecule has 1 aromatic heterocycles. The standard InChI is InChI=1S/C23H33N3O2S/c1-7-11-24-22-25-19-15(4)18-20(27)16(14(3)21(28)26(6)12-8-2)9-10-23(18,5)13-17(19)29-22/h2,7,14-16,18,20,27H,1,9-13H2,3-6H3,(H,24,25)/t14-,15-,16?,18+,20-,23-/m0/s1. The van der Waals surface area contributed by atoms with E-state index in [1.165, 1.54) is 4.88 Å². The average Bonchev–Trinajstić information content (AvgIpc) is 3.08. The van der Waals surface area contributed by atoms with Crippen molar-refractivity contribution in [3.63, 3.8) is 0 Å². The monoisotopic (exact) mass is 415 g/mol. The molecule has 6 heteroatoms. The Hall–Kier alpha value is -1.84. The van der Waals surface area contributed by atoms with Gasteiger partial charge in [0.2, 0.25) is 5.91 Å². The van der Waals surface area contributed by atoms with Crippen LogP contribution in [0.4, 0.5) is 5.13 Å². The quantitative estimate of drug-likeness (QED) is 0.551. The summed E-state index contributed by atoms with van der Waals surface area (Å²) < 4.78 is 0. The third kappa shape index (κ3) is 3.95. The van der Waals surface area contributed by atoms with Gasteiger partial charge in [0.05, 0.1) is 18.3 Å². The summed E-state index contributed by atoms with van der Waals surface area (Å²) in [5.74, 6) is 2.49. The smallest absolute Gasteiger partial charge is 0.226 e. The first kappa shape index (κ1) is 21.9. The Balaban J connectivity index is 1.84. The Labute approximate surface area is 178 Å². The van der Waals surface area contributed by atoms with Crippen LogP contribution in [0.2, 0.25) is 0 Å². The summed E-state index contributed by atoms with van der Waals surface area (Å²) in [6.07, 6.45) is 9.47. The molecule has 29 heavy (non-hydrogen) atoms. The number of thiazole rings is 1. The molecule has 6 atom stereocenters. The normalized spacial score (nSPS) is 31.7. The third-order valence-electron chi connectivity index (χ3n) is 7.06. The van der Waals surface area contributed by atoms with Gasteiger partial charge >= 0.3 is 0 Å². The number of nitrogens with zero attached hydrogens (tertiary/aromatic N) is 2. The number of carbonyl (C=O) groups excluding carboxylic acids is 1. The van der Waals surface area contributed by atoms with Gasteiger partial charge in [0.1, 0.15) is 0 Å². The Morgan fingerprint density at radius 2 is 2.34 bits per heavy atom. The van der Waals surface area contributed by atoms with Gasteiger partial charge in [-0.05, 0) is 36.5 Å². The van der Waals surface area contributed by atoms with E-state index in [-0.39, 0.29) is 35.0 Å². The maximum Gasteiger partial charge on any atom is 0.226 e. The predicted octanol–water partition coefficient (Wildman–Crippen LogP) is 3.52. The number of aliphatic hydroxyl groups is 1. The molecule has 0 aliphatic heterocycles. The molecule has 3 rings (SSSR count). The van der Waals surface area contributed by atoms with E-state index >= 15 is 0 Å². The van der Waals surface area contributed by atoms with Crippen molar-refractivity contribution >= 4 is 22.4 Å². The van der Waals surface area contributed by atoms with Crippen LogP contribution < -0.4 is 5.32 Å². The minimum atomic E-state index is -0.527. The first-order valence-electron chi connectivity index (χ1n) is 10.4. The van der Waals surface area contributed by atoms with Crippen molar-refractivity contribution in [2.24, 2.45) is 23.2 Å². The first-order valence-corrected chi connectivity index (χ1v) is 11.3. The summed E-state index contributed by atoms with van der Waals surface area (Å²) >= 11 is 1.72. The summed E-state index contributed by atoms with van der Waals surface area (Å²) in [7, 11) is 1.74. The summed E-state index contributed by atoms with van der Waals surface area (Å²) in [5, 5.41) is 15.7. The van der Waals surface area contributed by atoms with Crippen LogP contribution in [0.15, 0.2) is 12.7 Å². The van der Waals surface area contributed by atoms with Crippen LogP contribution >= 0.6 is 11.3 Å². The number of amides is 1. The lowest BCUT2D eigenvalue weighted by Crippen LogP contribution is -2.53. The van der Waals surface area contributed by atoms with Crippen molar-refractivity contribution in [3.05, 3.63) is 23.2 Å². The highest BCUT2D eigenvalue weighted by Crippen LogP contribution is 2.57. The molecule has 2 aliphatic carbocycles. The Morgan fingerprint density at radius 1 is 1.62 bits per heavy atom. The molecule has 0 spiro atoms. The van der Waals surface area contributed by atoms with E-state index < -0.39 is 6.10 Å². The molecule has 1 heterocycles. The third-order valence-corrected chi connectivity index (χ3v) is 8.08. The molecule has 1 aromatic rings. The van der Waals surface area contributed by atoms with Crippen molar-refractivity contribution in [2.75, 3.05) is 25.5 Å². The maximum absolute atomic E-state index is 12.8. The number of hydrogen-bond acceptors (Lipinski definition) is 5. The molecule has 0 radical (unpaired) electrons. The van der Waals surface area contributed by atoms with Gasteiger partial charge in [-0.15, -0.1) is 24.3 Å². The highest BCUT2D eigenvalue weighted by molar-refractivity contribution is 7.15. The number of carbonyl (C=O) groups is 1. The molecule has 1 unspecified atom stereocenters. The van der Waals surface area contributed by atoms with Crippen LogP contribution in [-0.4, -0.2) is 47.1 Å². The zero-order valence-electron chi connectivity index (χ0n) is 17.9. The molecule has 2 N–H and O–H groups in total. The molecular formula is C23H33N3O2S. The number of terminal acetylenes is 1. The lowest BCUT2D eigenvalue weighted by molar-refractivity contribution is -0.142. The van der Waals surface area contributed by atoms with E-state index in [0.717, 1.165) is 30.1 Å². The van der Waals surface area contributed by atoms with Gasteiger partial charge < -0.3 is 15.3 Å². The second kappa shape index (κ2) is 8.49. The van der Waals surface area contributed by atoms with E-state index in [0.29, 0.717) is 13.1 Å². The van der Waals surface area contributed by atoms with Gasteiger partial charge in [0, 0.05) is 30.3 Å². The molecule has 0 bridgehead atoms. The maximum atomic E-state index is 12.8. The summed E-state index contributed by atoms with van der Waals surface area (Å²) in [6, 6.07) is 0. The zero-order valence-corrected chi connectivity index (χ0v) is 18.8. The van der Waals surface area contributed by atoms with Crippen LogP contribution in [-0.2, 0) is 11.2 Å². The number of anilines is 1. The molecule has 0 saturated heterocycles. The second-order valence-corrected chi connectivity index (χ2v) is 10.1. The predicted molar refractivity (Wildman–Crippen MR) is 119 cm³/mol. The van der Waals surface area contributed by atoms with E-state index in [1.54, 1.807) is 23.3 Å². The highest BCUT2D eigenvalue weighted by atomic mass is 32.1. The number of rotatable bonds is 6. The first-order chi connectivity index (χ1) is 13.7. The largest absolute Gasteiger partial charge is 0.392 e. The van der Waals surface area contributed by atoms with Gasteiger partial charge in [-0.3, -0.25) is 4.79 Å². The molecule has 1 saturated carbocycles. The minimum absolute atomic E-state index is 0.0179. The van der Waals surface area contributed by atoms with Crippen LogP contribution in [0, 0.1) is 35.5 Å². The van der Waals surface area contributed by atoms with Crippen LogP contribution in [0.3, 0.4) is 0 Å². The molecule has 1 fully saturated rings. The lowest BCUT2D eigenvalue weighted by Gasteiger charge is -2.53. The fraction of sp³-hybridized carbons (Fsp3) is 0.652. The highest BCUT2D eigenvalue weighted by Gasteiger charge is 2.54. The average molecular weight is 416 g/mol. The van der Waals surface area contributed by atoms with E-state index in [2.05, 4.69) is 31.7 Å². The number of aliphatic hydroxyl groups excluding tert-OH is 1. The van der Waals surface area contributed by atoms with Crippen molar-refractivity contribution in [2.45, 2.75) is 52.1 Å². The van der Waals surface area contributed by atoms with Crippen molar-refractivity contribution < 1.29 is 9.90 Å². The van der Waals surface area contributed by atoms with Crippen LogP contribution in [0.5, 0.6) is 0 Å². The van der Waals surface area contributed by atoms with E-state index in [9.17, 15) is 9.90 Å². The second-order valence-electron chi connectivity index (χ2n) is 9.02. The number of hydrogen-bond donors (Lipinski definition) is 2. The summed E-state index contributed by atoms with van der Waals surface area (Å²) in [5.41, 5.74) is 1.13. The topological polar surface area (TPSA) is 65.5 Å². The number of fused-ring (bicyclic) bond motifs is 2. The van der Waals surface area contributed by atoms with Crippen LogP contribution in [0.25, 0.3) is 0 Å². The van der Waals surface area contributed by atoms with Crippen molar-refractivity contribution in [3.8, 4) is 12.3 Å². The van der Waals surface area contributed by atoms with Gasteiger partial charge in [0.25, 0.3) is 0 Å². The van der Waals surface area contributed by atoms with Gasteiger partial charge in [0.15, 0.2) is 5.13 Å². The minimum Gasteiger partial charge on any atom is -0.392 e. The Morgan fingerprint density at radius 3 is 3.00 bits per heavy atom. The summed E-state index contributed by atoms with van der Waals surface area (Å²) in [4.78, 5) is 20.5. The molecule has 158 valence electrons. The Bertz CT molecular complexity index is 814. The Kier molecular flexibility index (Phi) is 6.40. The molecule has 1 amide bonds. The van der Waals surface area contributed by atoms with E-state index in [1.807, 2.05) is 13.0 Å². The number of aromatic nitrogens is 1. The molecule has 2 aliphatic rings. The summed E-state index contributed by atoms with van der Waals surface area (Å²) in [6.45, 7) is 11.2. The lowest BCUT2D eigenvalue weighted by atomic mass is 9.53. The fourth-order valence-corrected chi connectivity index (χ4v) is 6.80. The van der Waals surface area contributed by atoms with Crippen molar-refractivity contribution in [1.29, 1.82) is 0 Å². The SMILES string of the molecule is C#CCN(C)C(=O)[C@@H](C)C1CC[C@@]2(C)Cc3sc(NCC=C)nc3[C@@H](C)[C@@H]2[C@H]1O. The van der Waals surface area contributed by atoms with Crippen LogP contribution in [0.1, 0.15) is 50.1 Å². The zero-order chi connectivity index (χ0) is 21.3. The fourth-order valence-electron chi connectivity index (χ4n) is 5.53. The van der Waals surface area contributed by atoms with Gasteiger partial charge in [-0.25, -0.2) is 4.98 Å². The molecular weight excluding hydrogens is 382 g/mol. The van der Waals surface area contributed by atoms with Gasteiger partial charge in [-0.1, -0.05) is 32.8 Å². The van der Waals surface area contributed by atoms with E-state index in [4.69, 9.17) is 11.4 Å². The number of nitrogens with one attached hydrogen (secondary N) is 1. The van der Waals surface area contributed by atoms with Crippen molar-refractivity contribution in [1.82, 2.24) is 9.88 Å². The van der Waals surface area contributed by atoms with Gasteiger partial charge in [-0.2, -0.15) is 0 Å². The molecule has 0 aromatic carbocycles. The molecule has 5 nitrogen and oxygen atoms in total.